The first-order valence-electron chi connectivity index (χ1n) is 10.6. The highest BCUT2D eigenvalue weighted by molar-refractivity contribution is 6.01. The van der Waals surface area contributed by atoms with Crippen LogP contribution in [0.5, 0.6) is 0 Å². The van der Waals surface area contributed by atoms with Crippen LogP contribution in [0.1, 0.15) is 23.2 Å². The molecule has 2 aromatic rings. The van der Waals surface area contributed by atoms with Crippen LogP contribution in [0.2, 0.25) is 0 Å². The summed E-state index contributed by atoms with van der Waals surface area (Å²) in [7, 11) is 0. The largest absolute Gasteiger partial charge is 0.377 e. The van der Waals surface area contributed by atoms with Crippen molar-refractivity contribution in [3.05, 3.63) is 72.4 Å². The zero-order valence-corrected chi connectivity index (χ0v) is 17.4. The summed E-state index contributed by atoms with van der Waals surface area (Å²) in [5.41, 5.74) is 4.74. The van der Waals surface area contributed by atoms with E-state index in [1.165, 1.54) is 10.2 Å². The van der Waals surface area contributed by atoms with E-state index in [4.69, 9.17) is 4.74 Å². The Balaban J connectivity index is 1.31. The lowest BCUT2D eigenvalue weighted by molar-refractivity contribution is -0.00715. The summed E-state index contributed by atoms with van der Waals surface area (Å²) in [6, 6.07) is 16.1. The van der Waals surface area contributed by atoms with Gasteiger partial charge in [0.05, 0.1) is 37.2 Å². The van der Waals surface area contributed by atoms with Crippen LogP contribution in [0.3, 0.4) is 0 Å². The van der Waals surface area contributed by atoms with Gasteiger partial charge in [0.1, 0.15) is 0 Å². The second kappa shape index (κ2) is 8.72. The number of amides is 3. The average molecular weight is 432 g/mol. The van der Waals surface area contributed by atoms with Gasteiger partial charge in [0.25, 0.3) is 5.91 Å². The molecule has 2 N–H and O–H groups in total. The number of hydrazone groups is 1. The normalized spacial score (nSPS) is 21.2. The summed E-state index contributed by atoms with van der Waals surface area (Å²) in [6.45, 7) is 1.21. The van der Waals surface area contributed by atoms with Crippen molar-refractivity contribution in [1.29, 1.82) is 0 Å². The van der Waals surface area contributed by atoms with Crippen molar-refractivity contribution in [3.8, 4) is 0 Å². The third-order valence-corrected chi connectivity index (χ3v) is 5.79. The Labute approximate surface area is 185 Å². The molecule has 3 amide bonds. The maximum absolute atomic E-state index is 13.1. The lowest BCUT2D eigenvalue weighted by Crippen LogP contribution is -2.51. The number of nitrogens with one attached hydrogen (secondary N) is 2. The Bertz CT molecular complexity index is 1020. The molecule has 5 rings (SSSR count). The number of ether oxygens (including phenoxy) is 1. The molecule has 3 aliphatic rings. The molecule has 0 spiro atoms. The molecule has 0 aliphatic carbocycles. The quantitative estimate of drug-likeness (QED) is 0.776. The van der Waals surface area contributed by atoms with Gasteiger partial charge in [-0.25, -0.2) is 4.79 Å². The summed E-state index contributed by atoms with van der Waals surface area (Å²) < 4.78 is 5.58. The van der Waals surface area contributed by atoms with E-state index >= 15 is 0 Å². The molecule has 3 heterocycles. The fourth-order valence-corrected chi connectivity index (χ4v) is 4.26. The molecule has 0 radical (unpaired) electrons. The van der Waals surface area contributed by atoms with E-state index in [9.17, 15) is 9.59 Å². The van der Waals surface area contributed by atoms with E-state index in [1.54, 1.807) is 42.8 Å². The topological polar surface area (TPSA) is 89.5 Å². The fraction of sp³-hybridized carbons (Fsp3) is 0.261. The summed E-state index contributed by atoms with van der Waals surface area (Å²) in [5, 5.41) is 9.79. The number of carbonyl (C=O) groups excluding carboxylic acids is 2. The van der Waals surface area contributed by atoms with E-state index in [0.29, 0.717) is 30.2 Å². The van der Waals surface area contributed by atoms with Gasteiger partial charge in [-0.05, 0) is 55.3 Å². The number of nitrogens with zero attached hydrogens (tertiary/aromatic N) is 4. The molecule has 0 aromatic heterocycles. The zero-order valence-electron chi connectivity index (χ0n) is 17.4. The van der Waals surface area contributed by atoms with Crippen molar-refractivity contribution in [3.63, 3.8) is 0 Å². The number of fused-ring (bicyclic) bond motifs is 2. The SMILES string of the molecule is O=C(c1ccc(NC(=O)N(c2ccccc2)N2N=CC=CN2)cc1)N1C2CCC1COC2. The van der Waals surface area contributed by atoms with Crippen LogP contribution in [-0.4, -0.2) is 53.6 Å². The number of hydrogen-bond donors (Lipinski definition) is 2. The third-order valence-electron chi connectivity index (χ3n) is 5.79. The summed E-state index contributed by atoms with van der Waals surface area (Å²) >= 11 is 0. The molecule has 2 aromatic carbocycles. The van der Waals surface area contributed by atoms with Gasteiger partial charge in [0, 0.05) is 17.5 Å². The third kappa shape index (κ3) is 3.90. The second-order valence-electron chi connectivity index (χ2n) is 7.83. The Morgan fingerprint density at radius 2 is 1.75 bits per heavy atom. The highest BCUT2D eigenvalue weighted by Gasteiger charge is 2.40. The van der Waals surface area contributed by atoms with E-state index in [-0.39, 0.29) is 18.0 Å². The van der Waals surface area contributed by atoms with Crippen molar-refractivity contribution in [2.24, 2.45) is 5.10 Å². The number of carbonyl (C=O) groups is 2. The number of anilines is 2. The number of para-hydroxylation sites is 1. The van der Waals surface area contributed by atoms with Gasteiger partial charge >= 0.3 is 6.03 Å². The average Bonchev–Trinajstić information content (AvgIpc) is 3.08. The highest BCUT2D eigenvalue weighted by Crippen LogP contribution is 2.30. The predicted molar refractivity (Wildman–Crippen MR) is 121 cm³/mol. The Kier molecular flexibility index (Phi) is 5.47. The summed E-state index contributed by atoms with van der Waals surface area (Å²) in [6.07, 6.45) is 6.96. The van der Waals surface area contributed by atoms with Crippen LogP contribution in [0.4, 0.5) is 16.2 Å². The minimum atomic E-state index is -0.401. The van der Waals surface area contributed by atoms with Crippen LogP contribution in [-0.2, 0) is 4.74 Å². The van der Waals surface area contributed by atoms with E-state index < -0.39 is 6.03 Å². The van der Waals surface area contributed by atoms with E-state index in [2.05, 4.69) is 15.8 Å². The minimum Gasteiger partial charge on any atom is -0.377 e. The molecule has 9 heteroatoms. The first kappa shape index (κ1) is 20.1. The molecule has 2 unspecified atom stereocenters. The fourth-order valence-electron chi connectivity index (χ4n) is 4.26. The smallest absolute Gasteiger partial charge is 0.348 e. The monoisotopic (exact) mass is 432 g/mol. The van der Waals surface area contributed by atoms with Crippen LogP contribution >= 0.6 is 0 Å². The van der Waals surface area contributed by atoms with Crippen molar-refractivity contribution in [2.45, 2.75) is 24.9 Å². The molecule has 2 atom stereocenters. The number of benzene rings is 2. The number of hydrogen-bond acceptors (Lipinski definition) is 6. The van der Waals surface area contributed by atoms with Crippen LogP contribution < -0.4 is 15.8 Å². The number of rotatable bonds is 4. The zero-order chi connectivity index (χ0) is 21.9. The van der Waals surface area contributed by atoms with Crippen molar-refractivity contribution >= 4 is 29.5 Å². The number of urea groups is 1. The van der Waals surface area contributed by atoms with Crippen molar-refractivity contribution < 1.29 is 14.3 Å². The molecule has 3 aliphatic heterocycles. The lowest BCUT2D eigenvalue weighted by Gasteiger charge is -2.34. The van der Waals surface area contributed by atoms with Crippen LogP contribution in [0.15, 0.2) is 72.0 Å². The maximum Gasteiger partial charge on any atom is 0.348 e. The molecule has 32 heavy (non-hydrogen) atoms. The van der Waals surface area contributed by atoms with Crippen molar-refractivity contribution in [2.75, 3.05) is 23.5 Å². The standard InChI is InChI=1S/C23H24N6O3/c30-22(27-20-11-12-21(27)16-32-15-20)17-7-9-18(10-8-17)26-23(31)28(19-5-2-1-3-6-19)29-24-13-4-14-25-29/h1-10,13-14,20-21,24H,11-12,15-16H2,(H,26,31). The van der Waals surface area contributed by atoms with Gasteiger partial charge < -0.3 is 15.0 Å². The minimum absolute atomic E-state index is 0.0169. The summed E-state index contributed by atoms with van der Waals surface area (Å²) in [5.74, 6) is 0.0169. The lowest BCUT2D eigenvalue weighted by atomic mass is 10.1. The summed E-state index contributed by atoms with van der Waals surface area (Å²) in [4.78, 5) is 28.1. The molecular weight excluding hydrogens is 408 g/mol. The number of hydrazine groups is 2. The molecule has 2 saturated heterocycles. The van der Waals surface area contributed by atoms with Crippen LogP contribution in [0, 0.1) is 0 Å². The van der Waals surface area contributed by atoms with Crippen LogP contribution in [0.25, 0.3) is 0 Å². The molecule has 2 fully saturated rings. The van der Waals surface area contributed by atoms with Gasteiger partial charge in [-0.3, -0.25) is 10.2 Å². The van der Waals surface area contributed by atoms with Crippen molar-refractivity contribution in [1.82, 2.24) is 15.6 Å². The number of allylic oxidation sites excluding steroid dienone is 1. The molecule has 2 bridgehead atoms. The van der Waals surface area contributed by atoms with Gasteiger partial charge in [-0.1, -0.05) is 23.4 Å². The number of morpholine rings is 1. The Morgan fingerprint density at radius 1 is 1.03 bits per heavy atom. The van der Waals surface area contributed by atoms with Gasteiger partial charge in [0.15, 0.2) is 0 Å². The predicted octanol–water partition coefficient (Wildman–Crippen LogP) is 2.96. The first-order chi connectivity index (χ1) is 15.7. The first-order valence-corrected chi connectivity index (χ1v) is 10.6. The Hall–Kier alpha value is -3.85. The maximum atomic E-state index is 13.1. The Morgan fingerprint density at radius 3 is 2.41 bits per heavy atom. The van der Waals surface area contributed by atoms with Gasteiger partial charge in [-0.15, -0.1) is 5.10 Å². The van der Waals surface area contributed by atoms with E-state index in [0.717, 1.165) is 12.8 Å². The molecular formula is C23H24N6O3. The van der Waals surface area contributed by atoms with Gasteiger partial charge in [0.2, 0.25) is 0 Å². The molecule has 0 saturated carbocycles. The highest BCUT2D eigenvalue weighted by atomic mass is 16.5. The van der Waals surface area contributed by atoms with E-state index in [1.807, 2.05) is 35.2 Å². The van der Waals surface area contributed by atoms with Gasteiger partial charge in [-0.2, -0.15) is 5.01 Å². The molecule has 164 valence electrons. The molecule has 9 nitrogen and oxygen atoms in total. The second-order valence-corrected chi connectivity index (χ2v) is 7.83.